The maximum absolute atomic E-state index is 6.24. The summed E-state index contributed by atoms with van der Waals surface area (Å²) in [6, 6.07) is 13.9. The highest BCUT2D eigenvalue weighted by Gasteiger charge is 2.14. The zero-order chi connectivity index (χ0) is 17.1. The molecule has 0 fully saturated rings. The van der Waals surface area contributed by atoms with E-state index >= 15 is 0 Å². The Morgan fingerprint density at radius 1 is 1.00 bits per heavy atom. The summed E-state index contributed by atoms with van der Waals surface area (Å²) >= 11 is 14.1. The van der Waals surface area contributed by atoms with E-state index in [9.17, 15) is 0 Å². The number of aryl methyl sites for hydroxylation is 1. The molecule has 0 unspecified atom stereocenters. The first kappa shape index (κ1) is 17.3. The molecular weight excluding hydrogens is 361 g/mol. The largest absolute Gasteiger partial charge is 0.302 e. The lowest BCUT2D eigenvalue weighted by Gasteiger charge is -2.09. The summed E-state index contributed by atoms with van der Waals surface area (Å²) in [5.41, 5.74) is 3.22. The third-order valence-electron chi connectivity index (χ3n) is 3.75. The monoisotopic (exact) mass is 377 g/mol. The summed E-state index contributed by atoms with van der Waals surface area (Å²) in [7, 11) is 0. The number of hydrogen-bond acceptors (Lipinski definition) is 3. The van der Waals surface area contributed by atoms with Crippen molar-refractivity contribution in [3.05, 3.63) is 63.6 Å². The fraction of sp³-hybridized carbons (Fsp3) is 0.222. The standard InChI is InChI=1S/C18H17Cl2N3S/c1-3-23-17(13-9-7-12(2)8-10-13)21-22-18(23)24-11-14-15(19)5-4-6-16(14)20/h4-10H,3,11H2,1-2H3. The summed E-state index contributed by atoms with van der Waals surface area (Å²) in [5, 5.41) is 10.9. The maximum Gasteiger partial charge on any atom is 0.191 e. The minimum absolute atomic E-state index is 0.657. The van der Waals surface area contributed by atoms with Crippen LogP contribution in [0.1, 0.15) is 18.1 Å². The molecule has 0 amide bonds. The van der Waals surface area contributed by atoms with Gasteiger partial charge < -0.3 is 4.57 Å². The Morgan fingerprint density at radius 3 is 2.29 bits per heavy atom. The second-order valence-electron chi connectivity index (χ2n) is 5.41. The number of thioether (sulfide) groups is 1. The van der Waals surface area contributed by atoms with Gasteiger partial charge in [0, 0.05) is 27.9 Å². The van der Waals surface area contributed by atoms with E-state index in [1.54, 1.807) is 11.8 Å². The number of hydrogen-bond donors (Lipinski definition) is 0. The van der Waals surface area contributed by atoms with E-state index in [0.717, 1.165) is 28.7 Å². The summed E-state index contributed by atoms with van der Waals surface area (Å²) in [6.07, 6.45) is 0. The Bertz CT molecular complexity index is 824. The number of rotatable bonds is 5. The molecule has 0 radical (unpaired) electrons. The van der Waals surface area contributed by atoms with E-state index in [1.165, 1.54) is 5.56 Å². The van der Waals surface area contributed by atoms with Crippen molar-refractivity contribution in [2.24, 2.45) is 0 Å². The molecule has 1 heterocycles. The maximum atomic E-state index is 6.24. The highest BCUT2D eigenvalue weighted by atomic mass is 35.5. The van der Waals surface area contributed by atoms with Crippen LogP contribution < -0.4 is 0 Å². The predicted octanol–water partition coefficient (Wildman–Crippen LogP) is 5.87. The Balaban J connectivity index is 1.86. The molecule has 0 aliphatic carbocycles. The third kappa shape index (κ3) is 3.61. The van der Waals surface area contributed by atoms with Crippen LogP contribution in [0, 0.1) is 6.92 Å². The quantitative estimate of drug-likeness (QED) is 0.520. The predicted molar refractivity (Wildman–Crippen MR) is 102 cm³/mol. The number of aromatic nitrogens is 3. The van der Waals surface area contributed by atoms with Crippen molar-refractivity contribution < 1.29 is 0 Å². The van der Waals surface area contributed by atoms with Gasteiger partial charge in [0.05, 0.1) is 0 Å². The van der Waals surface area contributed by atoms with Crippen LogP contribution in [0.2, 0.25) is 10.0 Å². The molecule has 3 rings (SSSR count). The van der Waals surface area contributed by atoms with E-state index in [4.69, 9.17) is 23.2 Å². The topological polar surface area (TPSA) is 30.7 Å². The number of nitrogens with zero attached hydrogens (tertiary/aromatic N) is 3. The molecule has 2 aromatic carbocycles. The van der Waals surface area contributed by atoms with Gasteiger partial charge in [-0.05, 0) is 31.5 Å². The molecule has 3 nitrogen and oxygen atoms in total. The van der Waals surface area contributed by atoms with Crippen LogP contribution in [0.5, 0.6) is 0 Å². The average Bonchev–Trinajstić information content (AvgIpc) is 2.98. The lowest BCUT2D eigenvalue weighted by atomic mass is 10.1. The zero-order valence-corrected chi connectivity index (χ0v) is 15.8. The SMILES string of the molecule is CCn1c(SCc2c(Cl)cccc2Cl)nnc1-c1ccc(C)cc1. The zero-order valence-electron chi connectivity index (χ0n) is 13.5. The van der Waals surface area contributed by atoms with Crippen molar-refractivity contribution in [3.8, 4) is 11.4 Å². The van der Waals surface area contributed by atoms with Crippen LogP contribution in [0.4, 0.5) is 0 Å². The van der Waals surface area contributed by atoms with E-state index in [1.807, 2.05) is 18.2 Å². The van der Waals surface area contributed by atoms with Crippen molar-refractivity contribution in [3.63, 3.8) is 0 Å². The van der Waals surface area contributed by atoms with Crippen LogP contribution >= 0.6 is 35.0 Å². The molecule has 0 aliphatic rings. The normalized spacial score (nSPS) is 11.0. The molecule has 0 N–H and O–H groups in total. The summed E-state index contributed by atoms with van der Waals surface area (Å²) < 4.78 is 2.11. The minimum Gasteiger partial charge on any atom is -0.302 e. The van der Waals surface area contributed by atoms with E-state index in [0.29, 0.717) is 15.8 Å². The first-order valence-corrected chi connectivity index (χ1v) is 9.40. The van der Waals surface area contributed by atoms with Gasteiger partial charge in [-0.1, -0.05) is 70.9 Å². The molecule has 24 heavy (non-hydrogen) atoms. The second kappa shape index (κ2) is 7.60. The Labute approximate surface area is 156 Å². The molecule has 0 saturated carbocycles. The highest BCUT2D eigenvalue weighted by molar-refractivity contribution is 7.98. The number of benzene rings is 2. The van der Waals surface area contributed by atoms with Gasteiger partial charge >= 0.3 is 0 Å². The molecule has 124 valence electrons. The first-order chi connectivity index (χ1) is 11.6. The minimum atomic E-state index is 0.657. The molecule has 0 aliphatic heterocycles. The van der Waals surface area contributed by atoms with Gasteiger partial charge in [0.1, 0.15) is 0 Å². The fourth-order valence-electron chi connectivity index (χ4n) is 2.40. The van der Waals surface area contributed by atoms with E-state index < -0.39 is 0 Å². The van der Waals surface area contributed by atoms with Crippen LogP contribution in [-0.2, 0) is 12.3 Å². The smallest absolute Gasteiger partial charge is 0.191 e. The van der Waals surface area contributed by atoms with Gasteiger partial charge in [-0.25, -0.2) is 0 Å². The summed E-state index contributed by atoms with van der Waals surface area (Å²) in [5.74, 6) is 1.54. The van der Waals surface area contributed by atoms with Crippen molar-refractivity contribution in [2.45, 2.75) is 31.3 Å². The van der Waals surface area contributed by atoms with Crippen molar-refractivity contribution in [2.75, 3.05) is 0 Å². The van der Waals surface area contributed by atoms with Crippen LogP contribution in [0.15, 0.2) is 47.6 Å². The van der Waals surface area contributed by atoms with Crippen LogP contribution in [0.25, 0.3) is 11.4 Å². The highest BCUT2D eigenvalue weighted by Crippen LogP contribution is 2.32. The third-order valence-corrected chi connectivity index (χ3v) is 5.45. The Kier molecular flexibility index (Phi) is 5.49. The molecular formula is C18H17Cl2N3S. The summed E-state index contributed by atoms with van der Waals surface area (Å²) in [4.78, 5) is 0. The van der Waals surface area contributed by atoms with Gasteiger partial charge in [-0.15, -0.1) is 10.2 Å². The van der Waals surface area contributed by atoms with Gasteiger partial charge in [0.2, 0.25) is 0 Å². The Hall–Kier alpha value is -1.49. The first-order valence-electron chi connectivity index (χ1n) is 7.66. The molecule has 0 atom stereocenters. The van der Waals surface area contributed by atoms with Crippen LogP contribution in [-0.4, -0.2) is 14.8 Å². The number of halogens is 2. The summed E-state index contributed by atoms with van der Waals surface area (Å²) in [6.45, 7) is 4.96. The fourth-order valence-corrected chi connectivity index (χ4v) is 4.15. The van der Waals surface area contributed by atoms with Crippen molar-refractivity contribution in [1.29, 1.82) is 0 Å². The van der Waals surface area contributed by atoms with Gasteiger partial charge in [0.15, 0.2) is 11.0 Å². The molecule has 0 bridgehead atoms. The lowest BCUT2D eigenvalue weighted by molar-refractivity contribution is 0.687. The van der Waals surface area contributed by atoms with Crippen molar-refractivity contribution >= 4 is 35.0 Å². The van der Waals surface area contributed by atoms with E-state index in [2.05, 4.69) is 52.9 Å². The molecule has 1 aromatic heterocycles. The molecule has 0 spiro atoms. The van der Waals surface area contributed by atoms with Gasteiger partial charge in [-0.2, -0.15) is 0 Å². The van der Waals surface area contributed by atoms with Gasteiger partial charge in [-0.3, -0.25) is 0 Å². The molecule has 6 heteroatoms. The van der Waals surface area contributed by atoms with Gasteiger partial charge in [0.25, 0.3) is 0 Å². The van der Waals surface area contributed by atoms with Crippen molar-refractivity contribution in [1.82, 2.24) is 14.8 Å². The van der Waals surface area contributed by atoms with Crippen LogP contribution in [0.3, 0.4) is 0 Å². The molecule has 0 saturated heterocycles. The van der Waals surface area contributed by atoms with E-state index in [-0.39, 0.29) is 0 Å². The molecule has 3 aromatic rings. The second-order valence-corrected chi connectivity index (χ2v) is 7.16. The Morgan fingerprint density at radius 2 is 1.67 bits per heavy atom. The average molecular weight is 378 g/mol. The lowest BCUT2D eigenvalue weighted by Crippen LogP contribution is -2.00.